The van der Waals surface area contributed by atoms with E-state index < -0.39 is 0 Å². The summed E-state index contributed by atoms with van der Waals surface area (Å²) in [6, 6.07) is 12.9. The predicted molar refractivity (Wildman–Crippen MR) is 77.0 cm³/mol. The molecule has 1 aromatic heterocycles. The van der Waals surface area contributed by atoms with Crippen LogP contribution in [-0.2, 0) is 0 Å². The quantitative estimate of drug-likeness (QED) is 0.794. The molecule has 0 spiro atoms. The number of nitrogens with zero attached hydrogens (tertiary/aromatic N) is 1. The van der Waals surface area contributed by atoms with Gasteiger partial charge in [0, 0.05) is 0 Å². The molecule has 0 bridgehead atoms. The summed E-state index contributed by atoms with van der Waals surface area (Å²) in [5.41, 5.74) is 1.87. The number of fused-ring (bicyclic) bond motifs is 1. The van der Waals surface area contributed by atoms with Gasteiger partial charge in [-0.05, 0) is 24.3 Å². The zero-order chi connectivity index (χ0) is 14.1. The van der Waals surface area contributed by atoms with Crippen molar-refractivity contribution in [3.63, 3.8) is 0 Å². The summed E-state index contributed by atoms with van der Waals surface area (Å²) in [4.78, 5) is 15.1. The van der Waals surface area contributed by atoms with E-state index in [9.17, 15) is 4.79 Å². The Bertz CT molecular complexity index is 817. The van der Waals surface area contributed by atoms with Crippen molar-refractivity contribution >= 4 is 11.0 Å². The first kappa shape index (κ1) is 12.3. The van der Waals surface area contributed by atoms with Crippen LogP contribution in [0.3, 0.4) is 0 Å². The van der Waals surface area contributed by atoms with Crippen LogP contribution in [0.5, 0.6) is 11.5 Å². The van der Waals surface area contributed by atoms with Gasteiger partial charge in [-0.15, -0.1) is 0 Å². The SMILES string of the molecule is COc1ccccc1-n1c(=O)[nH]c2cccc(OC)c21. The maximum Gasteiger partial charge on any atom is 0.331 e. The average molecular weight is 270 g/mol. The minimum Gasteiger partial charge on any atom is -0.495 e. The number of methoxy groups -OCH3 is 2. The second kappa shape index (κ2) is 4.77. The van der Waals surface area contributed by atoms with Gasteiger partial charge in [-0.3, -0.25) is 4.57 Å². The van der Waals surface area contributed by atoms with Gasteiger partial charge in [0.1, 0.15) is 17.0 Å². The number of imidazole rings is 1. The summed E-state index contributed by atoms with van der Waals surface area (Å²) in [7, 11) is 3.16. The van der Waals surface area contributed by atoms with E-state index in [4.69, 9.17) is 9.47 Å². The molecule has 20 heavy (non-hydrogen) atoms. The highest BCUT2D eigenvalue weighted by Gasteiger charge is 2.15. The van der Waals surface area contributed by atoms with Crippen molar-refractivity contribution in [1.82, 2.24) is 9.55 Å². The number of benzene rings is 2. The van der Waals surface area contributed by atoms with Crippen LogP contribution >= 0.6 is 0 Å². The molecule has 102 valence electrons. The lowest BCUT2D eigenvalue weighted by Crippen LogP contribution is -2.15. The minimum atomic E-state index is -0.228. The molecule has 0 amide bonds. The van der Waals surface area contributed by atoms with E-state index in [0.29, 0.717) is 22.7 Å². The zero-order valence-corrected chi connectivity index (χ0v) is 11.2. The molecule has 0 fully saturated rings. The molecule has 0 saturated carbocycles. The molecule has 0 atom stereocenters. The van der Waals surface area contributed by atoms with Gasteiger partial charge in [-0.25, -0.2) is 4.79 Å². The van der Waals surface area contributed by atoms with Crippen LogP contribution in [0.4, 0.5) is 0 Å². The number of rotatable bonds is 3. The van der Waals surface area contributed by atoms with E-state index in [0.717, 1.165) is 5.52 Å². The van der Waals surface area contributed by atoms with Crippen LogP contribution < -0.4 is 15.2 Å². The van der Waals surface area contributed by atoms with Crippen molar-refractivity contribution in [2.45, 2.75) is 0 Å². The highest BCUT2D eigenvalue weighted by molar-refractivity contribution is 5.84. The molecule has 0 radical (unpaired) electrons. The van der Waals surface area contributed by atoms with Crippen LogP contribution in [0.1, 0.15) is 0 Å². The molecule has 1 N–H and O–H groups in total. The molecule has 0 aliphatic heterocycles. The number of para-hydroxylation sites is 3. The van der Waals surface area contributed by atoms with Crippen LogP contribution in [0.25, 0.3) is 16.7 Å². The van der Waals surface area contributed by atoms with Crippen molar-refractivity contribution in [3.05, 3.63) is 52.9 Å². The highest BCUT2D eigenvalue weighted by atomic mass is 16.5. The van der Waals surface area contributed by atoms with Crippen LogP contribution in [0.15, 0.2) is 47.3 Å². The molecular weight excluding hydrogens is 256 g/mol. The van der Waals surface area contributed by atoms with E-state index in [1.54, 1.807) is 18.8 Å². The Balaban J connectivity index is 2.42. The highest BCUT2D eigenvalue weighted by Crippen LogP contribution is 2.29. The van der Waals surface area contributed by atoms with Gasteiger partial charge < -0.3 is 14.5 Å². The Kier molecular flexibility index (Phi) is 2.95. The number of aromatic amines is 1. The lowest BCUT2D eigenvalue weighted by molar-refractivity contribution is 0.411. The Morgan fingerprint density at radius 2 is 1.65 bits per heavy atom. The second-order valence-electron chi connectivity index (χ2n) is 4.29. The Morgan fingerprint density at radius 1 is 0.950 bits per heavy atom. The van der Waals surface area contributed by atoms with Gasteiger partial charge in [-0.1, -0.05) is 18.2 Å². The van der Waals surface area contributed by atoms with Crippen LogP contribution in [0, 0.1) is 0 Å². The van der Waals surface area contributed by atoms with Gasteiger partial charge in [0.15, 0.2) is 0 Å². The van der Waals surface area contributed by atoms with E-state index >= 15 is 0 Å². The van der Waals surface area contributed by atoms with E-state index in [-0.39, 0.29) is 5.69 Å². The van der Waals surface area contributed by atoms with Crippen molar-refractivity contribution in [2.75, 3.05) is 14.2 Å². The molecule has 2 aromatic carbocycles. The van der Waals surface area contributed by atoms with Gasteiger partial charge in [0.05, 0.1) is 25.4 Å². The number of hydrogen-bond acceptors (Lipinski definition) is 3. The molecule has 0 unspecified atom stereocenters. The van der Waals surface area contributed by atoms with Crippen molar-refractivity contribution < 1.29 is 9.47 Å². The number of aromatic nitrogens is 2. The van der Waals surface area contributed by atoms with Gasteiger partial charge in [0.2, 0.25) is 0 Å². The molecule has 1 heterocycles. The first-order chi connectivity index (χ1) is 9.76. The smallest absolute Gasteiger partial charge is 0.331 e. The molecule has 0 aliphatic carbocycles. The lowest BCUT2D eigenvalue weighted by Gasteiger charge is -2.10. The molecule has 3 rings (SSSR count). The number of H-pyrrole nitrogens is 1. The third-order valence-corrected chi connectivity index (χ3v) is 3.21. The Morgan fingerprint density at radius 3 is 2.40 bits per heavy atom. The van der Waals surface area contributed by atoms with E-state index in [2.05, 4.69) is 4.98 Å². The maximum absolute atomic E-state index is 12.3. The summed E-state index contributed by atoms with van der Waals surface area (Å²) in [5.74, 6) is 1.26. The number of ether oxygens (including phenoxy) is 2. The second-order valence-corrected chi connectivity index (χ2v) is 4.29. The number of nitrogens with one attached hydrogen (secondary N) is 1. The monoisotopic (exact) mass is 270 g/mol. The van der Waals surface area contributed by atoms with Gasteiger partial charge >= 0.3 is 5.69 Å². The van der Waals surface area contributed by atoms with Crippen LogP contribution in [0.2, 0.25) is 0 Å². The molecule has 5 nitrogen and oxygen atoms in total. The molecule has 5 heteroatoms. The molecule has 0 saturated heterocycles. The first-order valence-corrected chi connectivity index (χ1v) is 6.17. The van der Waals surface area contributed by atoms with Crippen molar-refractivity contribution in [1.29, 1.82) is 0 Å². The van der Waals surface area contributed by atoms with Gasteiger partial charge in [0.25, 0.3) is 0 Å². The van der Waals surface area contributed by atoms with Gasteiger partial charge in [-0.2, -0.15) is 0 Å². The predicted octanol–water partition coefficient (Wildman–Crippen LogP) is 2.34. The third kappa shape index (κ3) is 1.75. The summed E-state index contributed by atoms with van der Waals surface area (Å²) in [5, 5.41) is 0. The fourth-order valence-electron chi connectivity index (χ4n) is 2.34. The fourth-order valence-corrected chi connectivity index (χ4v) is 2.34. The lowest BCUT2D eigenvalue weighted by atomic mass is 10.2. The summed E-state index contributed by atoms with van der Waals surface area (Å²) in [6.07, 6.45) is 0. The third-order valence-electron chi connectivity index (χ3n) is 3.21. The standard InChI is InChI=1S/C15H14N2O3/c1-19-12-8-4-3-7-11(12)17-14-10(16-15(17)18)6-5-9-13(14)20-2/h3-9H,1-2H3,(H,16,18). The van der Waals surface area contributed by atoms with E-state index in [1.165, 1.54) is 0 Å². The Hall–Kier alpha value is -2.69. The average Bonchev–Trinajstić information content (AvgIpc) is 2.82. The zero-order valence-electron chi connectivity index (χ0n) is 11.2. The maximum atomic E-state index is 12.3. The normalized spacial score (nSPS) is 10.7. The number of hydrogen-bond donors (Lipinski definition) is 1. The fraction of sp³-hybridized carbons (Fsp3) is 0.133. The summed E-state index contributed by atoms with van der Waals surface area (Å²) >= 11 is 0. The summed E-state index contributed by atoms with van der Waals surface area (Å²) in [6.45, 7) is 0. The van der Waals surface area contributed by atoms with Crippen LogP contribution in [-0.4, -0.2) is 23.8 Å². The first-order valence-electron chi connectivity index (χ1n) is 6.17. The largest absolute Gasteiger partial charge is 0.495 e. The Labute approximate surface area is 115 Å². The minimum absolute atomic E-state index is 0.228. The molecular formula is C15H14N2O3. The van der Waals surface area contributed by atoms with Crippen molar-refractivity contribution in [3.8, 4) is 17.2 Å². The molecule has 0 aliphatic rings. The van der Waals surface area contributed by atoms with E-state index in [1.807, 2.05) is 42.5 Å². The van der Waals surface area contributed by atoms with Crippen molar-refractivity contribution in [2.24, 2.45) is 0 Å². The molecule has 3 aromatic rings. The summed E-state index contributed by atoms with van der Waals surface area (Å²) < 4.78 is 12.3. The topological polar surface area (TPSA) is 56.2 Å².